The molecule has 0 unspecified atom stereocenters. The van der Waals surface area contributed by atoms with Crippen LogP contribution in [0.5, 0.6) is 5.75 Å². The number of nitrogens with one attached hydrogen (secondary N) is 1. The van der Waals surface area contributed by atoms with Gasteiger partial charge in [-0.25, -0.2) is 4.98 Å². The number of carbonyl (C=O) groups excluding carboxylic acids is 1. The molecule has 0 aliphatic rings. The number of ether oxygens (including phenoxy) is 1. The van der Waals surface area contributed by atoms with Gasteiger partial charge in [0, 0.05) is 29.6 Å². The van der Waals surface area contributed by atoms with Crippen LogP contribution < -0.4 is 15.0 Å². The Balaban J connectivity index is 1.69. The van der Waals surface area contributed by atoms with Gasteiger partial charge in [-0.2, -0.15) is 0 Å². The van der Waals surface area contributed by atoms with Gasteiger partial charge in [-0.1, -0.05) is 24.3 Å². The molecule has 1 aromatic heterocycles. The molecule has 0 saturated carbocycles. The van der Waals surface area contributed by atoms with Crippen molar-refractivity contribution in [3.05, 3.63) is 65.0 Å². The van der Waals surface area contributed by atoms with E-state index in [1.54, 1.807) is 30.6 Å². The Kier molecular flexibility index (Phi) is 7.03. The summed E-state index contributed by atoms with van der Waals surface area (Å²) in [5.74, 6) is -0.684. The molecule has 1 amide bonds. The van der Waals surface area contributed by atoms with E-state index in [1.165, 1.54) is 0 Å². The minimum Gasteiger partial charge on any atom is -0.497 e. The average molecular weight is 426 g/mol. The number of aliphatic carboxylic acids is 1. The number of nitrogens with zero attached hydrogens (tertiary/aromatic N) is 2. The molecule has 0 spiro atoms. The summed E-state index contributed by atoms with van der Waals surface area (Å²) in [6.07, 6.45) is 0. The van der Waals surface area contributed by atoms with Gasteiger partial charge in [0.25, 0.3) is 5.91 Å². The quantitative estimate of drug-likeness (QED) is 0.544. The zero-order valence-corrected chi connectivity index (χ0v) is 17.6. The Bertz CT molecular complexity index is 1020. The van der Waals surface area contributed by atoms with Gasteiger partial charge < -0.3 is 20.1 Å². The fourth-order valence-electron chi connectivity index (χ4n) is 2.88. The molecule has 0 atom stereocenters. The summed E-state index contributed by atoms with van der Waals surface area (Å²) in [7, 11) is 1.64. The number of rotatable bonds is 9. The number of methoxy groups -OCH3 is 1. The number of amides is 1. The summed E-state index contributed by atoms with van der Waals surface area (Å²) < 4.78 is 5.29. The van der Waals surface area contributed by atoms with Crippen molar-refractivity contribution in [3.63, 3.8) is 0 Å². The standard InChI is InChI=1S/C22H23N3O4S/c1-3-25(13-15-7-9-16(10-8-15)21(28)23-12-20(26)27)22-24-19(14-30-22)17-5-4-6-18(11-17)29-2/h4-11,14H,3,12-13H2,1-2H3,(H,23,28)(H,26,27). The van der Waals surface area contributed by atoms with E-state index in [-0.39, 0.29) is 0 Å². The molecule has 3 rings (SSSR count). The number of benzene rings is 2. The molecule has 30 heavy (non-hydrogen) atoms. The number of carboxylic acids is 1. The zero-order valence-electron chi connectivity index (χ0n) is 16.8. The molecule has 156 valence electrons. The molecular weight excluding hydrogens is 402 g/mol. The minimum atomic E-state index is -1.07. The summed E-state index contributed by atoms with van der Waals surface area (Å²) in [6.45, 7) is 3.11. The fourth-order valence-corrected chi connectivity index (χ4v) is 3.78. The van der Waals surface area contributed by atoms with E-state index < -0.39 is 18.4 Å². The highest BCUT2D eigenvalue weighted by molar-refractivity contribution is 7.14. The Morgan fingerprint density at radius 3 is 2.63 bits per heavy atom. The molecule has 0 aliphatic carbocycles. The van der Waals surface area contributed by atoms with Crippen LogP contribution in [0.2, 0.25) is 0 Å². The third-order valence-electron chi connectivity index (χ3n) is 4.50. The van der Waals surface area contributed by atoms with Crippen LogP contribution >= 0.6 is 11.3 Å². The monoisotopic (exact) mass is 425 g/mol. The largest absolute Gasteiger partial charge is 0.497 e. The molecule has 7 nitrogen and oxygen atoms in total. The van der Waals surface area contributed by atoms with Crippen LogP contribution in [0.4, 0.5) is 5.13 Å². The highest BCUT2D eigenvalue weighted by Gasteiger charge is 2.13. The first kappa shape index (κ1) is 21.3. The summed E-state index contributed by atoms with van der Waals surface area (Å²) in [4.78, 5) is 29.5. The molecule has 0 radical (unpaired) electrons. The Labute approximate surface area is 179 Å². The van der Waals surface area contributed by atoms with Crippen LogP contribution in [0.3, 0.4) is 0 Å². The topological polar surface area (TPSA) is 91.8 Å². The number of hydrogen-bond donors (Lipinski definition) is 2. The Morgan fingerprint density at radius 2 is 1.97 bits per heavy atom. The summed E-state index contributed by atoms with van der Waals surface area (Å²) in [5.41, 5.74) is 3.37. The van der Waals surface area contributed by atoms with Gasteiger partial charge >= 0.3 is 5.97 Å². The predicted molar refractivity (Wildman–Crippen MR) is 117 cm³/mol. The fraction of sp³-hybridized carbons (Fsp3) is 0.227. The van der Waals surface area contributed by atoms with E-state index in [1.807, 2.05) is 41.8 Å². The number of hydrogen-bond acceptors (Lipinski definition) is 6. The Hall–Kier alpha value is -3.39. The van der Waals surface area contributed by atoms with Crippen molar-refractivity contribution in [2.24, 2.45) is 0 Å². The third kappa shape index (κ3) is 5.36. The third-order valence-corrected chi connectivity index (χ3v) is 5.40. The van der Waals surface area contributed by atoms with Crippen molar-refractivity contribution < 1.29 is 19.4 Å². The lowest BCUT2D eigenvalue weighted by molar-refractivity contribution is -0.135. The van der Waals surface area contributed by atoms with Crippen LogP contribution in [-0.2, 0) is 11.3 Å². The summed E-state index contributed by atoms with van der Waals surface area (Å²) in [5, 5.41) is 14.0. The maximum absolute atomic E-state index is 11.9. The second-order valence-electron chi connectivity index (χ2n) is 6.53. The van der Waals surface area contributed by atoms with Gasteiger partial charge in [0.2, 0.25) is 0 Å². The lowest BCUT2D eigenvalue weighted by Crippen LogP contribution is -2.29. The maximum Gasteiger partial charge on any atom is 0.322 e. The van der Waals surface area contributed by atoms with Crippen molar-refractivity contribution in [1.82, 2.24) is 10.3 Å². The van der Waals surface area contributed by atoms with E-state index in [2.05, 4.69) is 17.1 Å². The number of anilines is 1. The van der Waals surface area contributed by atoms with E-state index in [0.717, 1.165) is 34.2 Å². The van der Waals surface area contributed by atoms with Crippen molar-refractivity contribution >= 4 is 28.3 Å². The van der Waals surface area contributed by atoms with Crippen molar-refractivity contribution in [3.8, 4) is 17.0 Å². The van der Waals surface area contributed by atoms with Crippen molar-refractivity contribution in [1.29, 1.82) is 0 Å². The highest BCUT2D eigenvalue weighted by atomic mass is 32.1. The van der Waals surface area contributed by atoms with Crippen LogP contribution in [0.25, 0.3) is 11.3 Å². The van der Waals surface area contributed by atoms with E-state index in [4.69, 9.17) is 14.8 Å². The van der Waals surface area contributed by atoms with Gasteiger partial charge in [0.1, 0.15) is 12.3 Å². The molecule has 2 N–H and O–H groups in total. The minimum absolute atomic E-state index is 0.399. The molecular formula is C22H23N3O4S. The molecule has 0 bridgehead atoms. The maximum atomic E-state index is 11.9. The molecule has 2 aromatic carbocycles. The first-order valence-electron chi connectivity index (χ1n) is 9.44. The second kappa shape index (κ2) is 9.89. The Morgan fingerprint density at radius 1 is 1.20 bits per heavy atom. The second-order valence-corrected chi connectivity index (χ2v) is 7.37. The summed E-state index contributed by atoms with van der Waals surface area (Å²) >= 11 is 1.58. The van der Waals surface area contributed by atoms with E-state index in [0.29, 0.717) is 12.1 Å². The van der Waals surface area contributed by atoms with E-state index >= 15 is 0 Å². The smallest absolute Gasteiger partial charge is 0.322 e. The molecule has 0 saturated heterocycles. The SMILES string of the molecule is CCN(Cc1ccc(C(=O)NCC(=O)O)cc1)c1nc(-c2cccc(OC)c2)cs1. The van der Waals surface area contributed by atoms with Crippen LogP contribution in [-0.4, -0.2) is 42.2 Å². The molecule has 3 aromatic rings. The summed E-state index contributed by atoms with van der Waals surface area (Å²) in [6, 6.07) is 15.0. The number of aromatic nitrogens is 1. The van der Waals surface area contributed by atoms with Crippen molar-refractivity contribution in [2.45, 2.75) is 13.5 Å². The van der Waals surface area contributed by atoms with Crippen LogP contribution in [0, 0.1) is 0 Å². The van der Waals surface area contributed by atoms with Gasteiger partial charge in [0.05, 0.1) is 12.8 Å². The number of carbonyl (C=O) groups is 2. The highest BCUT2D eigenvalue weighted by Crippen LogP contribution is 2.30. The van der Waals surface area contributed by atoms with Crippen LogP contribution in [0.1, 0.15) is 22.8 Å². The lowest BCUT2D eigenvalue weighted by Gasteiger charge is -2.20. The molecule has 8 heteroatoms. The molecule has 0 fully saturated rings. The molecule has 0 aliphatic heterocycles. The first-order chi connectivity index (χ1) is 14.5. The lowest BCUT2D eigenvalue weighted by atomic mass is 10.1. The van der Waals surface area contributed by atoms with Crippen molar-refractivity contribution in [2.75, 3.05) is 25.1 Å². The van der Waals surface area contributed by atoms with Gasteiger partial charge in [-0.3, -0.25) is 9.59 Å². The van der Waals surface area contributed by atoms with Gasteiger partial charge in [0.15, 0.2) is 5.13 Å². The first-order valence-corrected chi connectivity index (χ1v) is 10.3. The zero-order chi connectivity index (χ0) is 21.5. The number of carboxylic acid groups (broad SMARTS) is 1. The van der Waals surface area contributed by atoms with E-state index in [9.17, 15) is 9.59 Å². The predicted octanol–water partition coefficient (Wildman–Crippen LogP) is 3.66. The molecule has 1 heterocycles. The number of thiazole rings is 1. The normalized spacial score (nSPS) is 10.5. The van der Waals surface area contributed by atoms with Gasteiger partial charge in [-0.05, 0) is 36.8 Å². The average Bonchev–Trinajstić information content (AvgIpc) is 3.26. The van der Waals surface area contributed by atoms with Crippen LogP contribution in [0.15, 0.2) is 53.9 Å². The van der Waals surface area contributed by atoms with Gasteiger partial charge in [-0.15, -0.1) is 11.3 Å².